The number of nitro groups is 1. The molecule has 0 radical (unpaired) electrons. The molecule has 0 fully saturated rings. The topological polar surface area (TPSA) is 90.7 Å². The molecule has 1 aliphatic heterocycles. The molecule has 0 amide bonds. The number of fused-ring (bicyclic) bond motifs is 3. The number of hydrogen-bond acceptors (Lipinski definition) is 6. The van der Waals surface area contributed by atoms with Crippen LogP contribution >= 0.6 is 0 Å². The van der Waals surface area contributed by atoms with Gasteiger partial charge in [-0.3, -0.25) is 14.9 Å². The molecule has 0 aromatic heterocycles. The van der Waals surface area contributed by atoms with Crippen molar-refractivity contribution in [3.8, 4) is 11.5 Å². The minimum atomic E-state index is -0.530. The first kappa shape index (κ1) is 18.9. The van der Waals surface area contributed by atoms with E-state index in [4.69, 9.17) is 9.47 Å². The van der Waals surface area contributed by atoms with Crippen LogP contribution in [0.1, 0.15) is 36.4 Å². The van der Waals surface area contributed by atoms with E-state index in [2.05, 4.69) is 5.32 Å². The number of nitrogens with zero attached hydrogens (tertiary/aromatic N) is 1. The zero-order chi connectivity index (χ0) is 20.7. The molecule has 2 aromatic rings. The Balaban J connectivity index is 1.79. The Kier molecular flexibility index (Phi) is 4.70. The number of anilines is 1. The van der Waals surface area contributed by atoms with Gasteiger partial charge in [0, 0.05) is 18.9 Å². The number of carbonyl (C=O) groups excluding carboxylic acids is 1. The standard InChI is InChI=1S/C21H19FN2O5/c1-11(25)29-17-9-6-12(10-18(17)28-2)20-14-5-3-4-13(14)19-16(24(26)27)8-7-15(22)21(19)23-20/h3-4,6-10,13-14,20,23H,5H2,1-2H3. The molecule has 3 unspecified atom stereocenters. The van der Waals surface area contributed by atoms with Gasteiger partial charge >= 0.3 is 5.97 Å². The third-order valence-electron chi connectivity index (χ3n) is 5.44. The predicted octanol–water partition coefficient (Wildman–Crippen LogP) is 4.49. The highest BCUT2D eigenvalue weighted by atomic mass is 19.1. The van der Waals surface area contributed by atoms with Crippen molar-refractivity contribution in [2.75, 3.05) is 12.4 Å². The van der Waals surface area contributed by atoms with Crippen molar-refractivity contribution in [1.29, 1.82) is 0 Å². The van der Waals surface area contributed by atoms with Gasteiger partial charge in [-0.25, -0.2) is 4.39 Å². The molecule has 1 heterocycles. The summed E-state index contributed by atoms with van der Waals surface area (Å²) in [7, 11) is 1.47. The molecule has 29 heavy (non-hydrogen) atoms. The van der Waals surface area contributed by atoms with Crippen molar-refractivity contribution in [3.63, 3.8) is 0 Å². The number of hydrogen-bond donors (Lipinski definition) is 1. The van der Waals surface area contributed by atoms with Crippen molar-refractivity contribution < 1.29 is 23.6 Å². The molecule has 0 bridgehead atoms. The molecule has 2 aliphatic rings. The molecule has 3 atom stereocenters. The van der Waals surface area contributed by atoms with Gasteiger partial charge < -0.3 is 14.8 Å². The number of benzene rings is 2. The molecule has 1 aliphatic carbocycles. The molecule has 0 saturated carbocycles. The molecular weight excluding hydrogens is 379 g/mol. The van der Waals surface area contributed by atoms with Crippen LogP contribution in [0, 0.1) is 21.8 Å². The van der Waals surface area contributed by atoms with E-state index in [0.717, 1.165) is 11.6 Å². The Bertz CT molecular complexity index is 1040. The lowest BCUT2D eigenvalue weighted by molar-refractivity contribution is -0.385. The van der Waals surface area contributed by atoms with Crippen molar-refractivity contribution in [3.05, 3.63) is 69.5 Å². The number of halogens is 1. The highest BCUT2D eigenvalue weighted by Crippen LogP contribution is 2.53. The molecule has 0 spiro atoms. The first-order chi connectivity index (χ1) is 13.9. The number of esters is 1. The van der Waals surface area contributed by atoms with Gasteiger partial charge in [-0.15, -0.1) is 0 Å². The second kappa shape index (κ2) is 7.20. The Labute approximate surface area is 166 Å². The van der Waals surface area contributed by atoms with Gasteiger partial charge in [0.25, 0.3) is 5.69 Å². The summed E-state index contributed by atoms with van der Waals surface area (Å²) < 4.78 is 25.1. The van der Waals surface area contributed by atoms with Gasteiger partial charge in [-0.1, -0.05) is 18.2 Å². The van der Waals surface area contributed by atoms with Crippen LogP contribution in [-0.4, -0.2) is 18.0 Å². The minimum absolute atomic E-state index is 0.0210. The summed E-state index contributed by atoms with van der Waals surface area (Å²) in [4.78, 5) is 22.3. The first-order valence-electron chi connectivity index (χ1n) is 9.17. The second-order valence-electron chi connectivity index (χ2n) is 7.09. The second-order valence-corrected chi connectivity index (χ2v) is 7.09. The summed E-state index contributed by atoms with van der Waals surface area (Å²) in [6, 6.07) is 7.20. The third kappa shape index (κ3) is 3.20. The van der Waals surface area contributed by atoms with Crippen LogP contribution in [0.4, 0.5) is 15.8 Å². The monoisotopic (exact) mass is 398 g/mol. The van der Waals surface area contributed by atoms with E-state index in [1.807, 2.05) is 12.2 Å². The Morgan fingerprint density at radius 1 is 1.28 bits per heavy atom. The number of carbonyl (C=O) groups is 1. The van der Waals surface area contributed by atoms with Crippen LogP contribution in [-0.2, 0) is 4.79 Å². The van der Waals surface area contributed by atoms with E-state index < -0.39 is 16.7 Å². The summed E-state index contributed by atoms with van der Waals surface area (Å²) in [5.41, 5.74) is 1.26. The number of ether oxygens (including phenoxy) is 2. The lowest BCUT2D eigenvalue weighted by Gasteiger charge is -2.37. The van der Waals surface area contributed by atoms with E-state index in [9.17, 15) is 19.3 Å². The maximum atomic E-state index is 14.6. The summed E-state index contributed by atoms with van der Waals surface area (Å²) in [5.74, 6) is -0.609. The molecule has 1 N–H and O–H groups in total. The minimum Gasteiger partial charge on any atom is -0.493 e. The SMILES string of the molecule is COc1cc(C2Nc3c(F)ccc([N+](=O)[O-])c3C3C=CCC32)ccc1OC(C)=O. The van der Waals surface area contributed by atoms with Crippen LogP contribution < -0.4 is 14.8 Å². The average molecular weight is 398 g/mol. The molecule has 8 heteroatoms. The van der Waals surface area contributed by atoms with Crippen molar-refractivity contribution >= 4 is 17.3 Å². The molecule has 2 aromatic carbocycles. The first-order valence-corrected chi connectivity index (χ1v) is 9.17. The van der Waals surface area contributed by atoms with E-state index in [0.29, 0.717) is 23.5 Å². The molecular formula is C21H19FN2O5. The lowest BCUT2D eigenvalue weighted by Crippen LogP contribution is -2.30. The Morgan fingerprint density at radius 3 is 2.76 bits per heavy atom. The lowest BCUT2D eigenvalue weighted by atomic mass is 9.76. The number of nitro benzene ring substituents is 1. The number of rotatable bonds is 4. The highest BCUT2D eigenvalue weighted by Gasteiger charge is 2.43. The van der Waals surface area contributed by atoms with E-state index in [1.54, 1.807) is 18.2 Å². The fourth-order valence-electron chi connectivity index (χ4n) is 4.26. The van der Waals surface area contributed by atoms with Crippen LogP contribution in [0.15, 0.2) is 42.5 Å². The van der Waals surface area contributed by atoms with Crippen LogP contribution in [0.25, 0.3) is 0 Å². The fourth-order valence-corrected chi connectivity index (χ4v) is 4.26. The van der Waals surface area contributed by atoms with Gasteiger partial charge in [0.1, 0.15) is 5.82 Å². The molecule has 4 rings (SSSR count). The normalized spacial score (nSPS) is 21.7. The van der Waals surface area contributed by atoms with Crippen LogP contribution in [0.2, 0.25) is 0 Å². The predicted molar refractivity (Wildman–Crippen MR) is 104 cm³/mol. The number of methoxy groups -OCH3 is 1. The van der Waals surface area contributed by atoms with E-state index in [-0.39, 0.29) is 29.3 Å². The van der Waals surface area contributed by atoms with Crippen molar-refractivity contribution in [1.82, 2.24) is 0 Å². The largest absolute Gasteiger partial charge is 0.493 e. The van der Waals surface area contributed by atoms with Gasteiger partial charge in [0.15, 0.2) is 11.5 Å². The quantitative estimate of drug-likeness (QED) is 0.268. The third-order valence-corrected chi connectivity index (χ3v) is 5.44. The molecule has 7 nitrogen and oxygen atoms in total. The number of nitrogens with one attached hydrogen (secondary N) is 1. The zero-order valence-electron chi connectivity index (χ0n) is 15.8. The Morgan fingerprint density at radius 2 is 2.07 bits per heavy atom. The Hall–Kier alpha value is -3.42. The van der Waals surface area contributed by atoms with Crippen molar-refractivity contribution in [2.24, 2.45) is 5.92 Å². The summed E-state index contributed by atoms with van der Waals surface area (Å²) in [5, 5.41) is 14.7. The number of allylic oxidation sites excluding steroid dienone is 2. The van der Waals surface area contributed by atoms with E-state index >= 15 is 0 Å². The fraction of sp³-hybridized carbons (Fsp3) is 0.286. The van der Waals surface area contributed by atoms with Crippen LogP contribution in [0.3, 0.4) is 0 Å². The average Bonchev–Trinajstić information content (AvgIpc) is 3.17. The van der Waals surface area contributed by atoms with Crippen molar-refractivity contribution in [2.45, 2.75) is 25.3 Å². The van der Waals surface area contributed by atoms with E-state index in [1.165, 1.54) is 20.1 Å². The van der Waals surface area contributed by atoms with Gasteiger partial charge in [0.2, 0.25) is 0 Å². The molecule has 150 valence electrons. The smallest absolute Gasteiger partial charge is 0.308 e. The highest BCUT2D eigenvalue weighted by molar-refractivity contribution is 5.71. The molecule has 0 saturated heterocycles. The summed E-state index contributed by atoms with van der Waals surface area (Å²) >= 11 is 0. The summed E-state index contributed by atoms with van der Waals surface area (Å²) in [6.45, 7) is 1.30. The van der Waals surface area contributed by atoms with Gasteiger partial charge in [-0.2, -0.15) is 0 Å². The summed E-state index contributed by atoms with van der Waals surface area (Å²) in [6.07, 6.45) is 4.58. The maximum absolute atomic E-state index is 14.6. The van der Waals surface area contributed by atoms with Gasteiger partial charge in [0.05, 0.1) is 29.3 Å². The van der Waals surface area contributed by atoms with Crippen LogP contribution in [0.5, 0.6) is 11.5 Å². The zero-order valence-corrected chi connectivity index (χ0v) is 15.8. The maximum Gasteiger partial charge on any atom is 0.308 e. The van der Waals surface area contributed by atoms with Gasteiger partial charge in [-0.05, 0) is 36.1 Å².